The van der Waals surface area contributed by atoms with Gasteiger partial charge in [-0.15, -0.1) is 0 Å². The highest BCUT2D eigenvalue weighted by molar-refractivity contribution is 5.14. The Morgan fingerprint density at radius 1 is 1.07 bits per heavy atom. The summed E-state index contributed by atoms with van der Waals surface area (Å²) in [7, 11) is 0. The summed E-state index contributed by atoms with van der Waals surface area (Å²) in [6, 6.07) is 4.72. The molecular weight excluding hydrogens is 184 g/mol. The average molecular weight is 201 g/mol. The molecule has 0 aliphatic heterocycles. The SMILES string of the molecule is CC.CC(C)c1cccc(C(F)F)n1. The number of hydrogen-bond acceptors (Lipinski definition) is 1. The van der Waals surface area contributed by atoms with Crippen LogP contribution in [0.3, 0.4) is 0 Å². The van der Waals surface area contributed by atoms with Crippen molar-refractivity contribution in [3.8, 4) is 0 Å². The molecule has 3 heteroatoms. The molecule has 0 unspecified atom stereocenters. The Morgan fingerprint density at radius 2 is 1.57 bits per heavy atom. The Labute approximate surface area is 84.2 Å². The van der Waals surface area contributed by atoms with Gasteiger partial charge in [-0.05, 0) is 18.1 Å². The summed E-state index contributed by atoms with van der Waals surface area (Å²) in [5, 5.41) is 0. The largest absolute Gasteiger partial charge is 0.280 e. The fourth-order valence-corrected chi connectivity index (χ4v) is 0.912. The number of hydrogen-bond donors (Lipinski definition) is 0. The standard InChI is InChI=1S/C9H11F2N.C2H6/c1-6(2)7-4-3-5-8(12-7)9(10)11;1-2/h3-6,9H,1-2H3;1-2H3. The van der Waals surface area contributed by atoms with E-state index in [1.54, 1.807) is 12.1 Å². The van der Waals surface area contributed by atoms with Crippen molar-refractivity contribution < 1.29 is 8.78 Å². The van der Waals surface area contributed by atoms with Crippen LogP contribution in [0, 0.1) is 0 Å². The second kappa shape index (κ2) is 6.46. The van der Waals surface area contributed by atoms with E-state index in [9.17, 15) is 8.78 Å². The fourth-order valence-electron chi connectivity index (χ4n) is 0.912. The number of alkyl halides is 2. The highest BCUT2D eigenvalue weighted by Crippen LogP contribution is 2.18. The molecule has 1 heterocycles. The molecule has 80 valence electrons. The van der Waals surface area contributed by atoms with Crippen molar-refractivity contribution in [2.75, 3.05) is 0 Å². The number of aromatic nitrogens is 1. The Bertz CT molecular complexity index is 236. The number of pyridine rings is 1. The van der Waals surface area contributed by atoms with Gasteiger partial charge in [-0.1, -0.05) is 33.8 Å². The fraction of sp³-hybridized carbons (Fsp3) is 0.545. The van der Waals surface area contributed by atoms with Crippen molar-refractivity contribution in [1.82, 2.24) is 4.98 Å². The van der Waals surface area contributed by atoms with Gasteiger partial charge in [0.25, 0.3) is 6.43 Å². The smallest absolute Gasteiger partial charge is 0.252 e. The quantitative estimate of drug-likeness (QED) is 0.699. The van der Waals surface area contributed by atoms with Crippen LogP contribution in [-0.4, -0.2) is 4.98 Å². The van der Waals surface area contributed by atoms with Crippen LogP contribution in [0.4, 0.5) is 8.78 Å². The topological polar surface area (TPSA) is 12.9 Å². The molecule has 0 fully saturated rings. The maximum absolute atomic E-state index is 12.1. The van der Waals surface area contributed by atoms with Crippen molar-refractivity contribution in [1.29, 1.82) is 0 Å². The third-order valence-corrected chi connectivity index (χ3v) is 1.61. The second-order valence-corrected chi connectivity index (χ2v) is 2.94. The van der Waals surface area contributed by atoms with Gasteiger partial charge >= 0.3 is 0 Å². The number of nitrogens with zero attached hydrogens (tertiary/aromatic N) is 1. The van der Waals surface area contributed by atoms with Crippen LogP contribution in [0.1, 0.15) is 51.4 Å². The molecule has 0 saturated heterocycles. The summed E-state index contributed by atoms with van der Waals surface area (Å²) in [6.07, 6.45) is -2.47. The van der Waals surface area contributed by atoms with Crippen molar-refractivity contribution in [3.05, 3.63) is 29.6 Å². The summed E-state index contributed by atoms with van der Waals surface area (Å²) >= 11 is 0. The van der Waals surface area contributed by atoms with E-state index in [2.05, 4.69) is 4.98 Å². The van der Waals surface area contributed by atoms with Crippen LogP contribution in [0.2, 0.25) is 0 Å². The summed E-state index contributed by atoms with van der Waals surface area (Å²) < 4.78 is 24.3. The van der Waals surface area contributed by atoms with Crippen molar-refractivity contribution >= 4 is 0 Å². The number of halogens is 2. The van der Waals surface area contributed by atoms with Gasteiger partial charge < -0.3 is 0 Å². The van der Waals surface area contributed by atoms with Gasteiger partial charge in [-0.3, -0.25) is 4.98 Å². The first-order chi connectivity index (χ1) is 6.61. The zero-order valence-electron chi connectivity index (χ0n) is 9.09. The minimum Gasteiger partial charge on any atom is -0.252 e. The molecule has 1 nitrogen and oxygen atoms in total. The Morgan fingerprint density at radius 3 is 2.00 bits per heavy atom. The summed E-state index contributed by atoms with van der Waals surface area (Å²) in [5.74, 6) is 0.198. The predicted molar refractivity (Wildman–Crippen MR) is 54.6 cm³/mol. The summed E-state index contributed by atoms with van der Waals surface area (Å²) in [4.78, 5) is 3.82. The Balaban J connectivity index is 0.000000791. The van der Waals surface area contributed by atoms with Crippen molar-refractivity contribution in [2.45, 2.75) is 40.0 Å². The molecular formula is C11H17F2N. The third-order valence-electron chi connectivity index (χ3n) is 1.61. The lowest BCUT2D eigenvalue weighted by Gasteiger charge is -2.05. The highest BCUT2D eigenvalue weighted by atomic mass is 19.3. The molecule has 0 aliphatic rings. The first kappa shape index (κ1) is 13.0. The molecule has 1 aromatic heterocycles. The maximum atomic E-state index is 12.1. The van der Waals surface area contributed by atoms with Crippen LogP contribution in [0.25, 0.3) is 0 Å². The summed E-state index contributed by atoms with van der Waals surface area (Å²) in [5.41, 5.74) is 0.578. The highest BCUT2D eigenvalue weighted by Gasteiger charge is 2.09. The molecule has 0 amide bonds. The van der Waals surface area contributed by atoms with Crippen LogP contribution < -0.4 is 0 Å². The molecule has 0 N–H and O–H groups in total. The number of rotatable bonds is 2. The van der Waals surface area contributed by atoms with Crippen LogP contribution in [0.15, 0.2) is 18.2 Å². The van der Waals surface area contributed by atoms with E-state index in [0.29, 0.717) is 5.69 Å². The van der Waals surface area contributed by atoms with E-state index >= 15 is 0 Å². The maximum Gasteiger partial charge on any atom is 0.280 e. The lowest BCUT2D eigenvalue weighted by Crippen LogP contribution is -1.96. The third kappa shape index (κ3) is 3.81. The average Bonchev–Trinajstić information content (AvgIpc) is 2.21. The van der Waals surface area contributed by atoms with E-state index < -0.39 is 6.43 Å². The van der Waals surface area contributed by atoms with Crippen molar-refractivity contribution in [2.24, 2.45) is 0 Å². The van der Waals surface area contributed by atoms with E-state index in [0.717, 1.165) is 0 Å². The first-order valence-corrected chi connectivity index (χ1v) is 4.86. The Hall–Kier alpha value is -0.990. The van der Waals surface area contributed by atoms with Crippen molar-refractivity contribution in [3.63, 3.8) is 0 Å². The predicted octanol–water partition coefficient (Wildman–Crippen LogP) is 4.17. The monoisotopic (exact) mass is 201 g/mol. The normalized spacial score (nSPS) is 10.0. The zero-order chi connectivity index (χ0) is 11.1. The molecule has 0 radical (unpaired) electrons. The van der Waals surface area contributed by atoms with Gasteiger partial charge in [0.1, 0.15) is 5.69 Å². The molecule has 14 heavy (non-hydrogen) atoms. The molecule has 0 aromatic carbocycles. The van der Waals surface area contributed by atoms with Gasteiger partial charge in [0.15, 0.2) is 0 Å². The molecule has 0 atom stereocenters. The Kier molecular flexibility index (Phi) is 6.00. The molecule has 0 bridgehead atoms. The molecule has 0 aliphatic carbocycles. The van der Waals surface area contributed by atoms with Crippen LogP contribution >= 0.6 is 0 Å². The van der Waals surface area contributed by atoms with E-state index in [1.807, 2.05) is 27.7 Å². The van der Waals surface area contributed by atoms with Gasteiger partial charge in [0.2, 0.25) is 0 Å². The van der Waals surface area contributed by atoms with Gasteiger partial charge in [-0.2, -0.15) is 0 Å². The van der Waals surface area contributed by atoms with Crippen LogP contribution in [0.5, 0.6) is 0 Å². The van der Waals surface area contributed by atoms with Gasteiger partial charge in [0, 0.05) is 5.69 Å². The first-order valence-electron chi connectivity index (χ1n) is 4.86. The minimum atomic E-state index is -2.47. The molecule has 1 aromatic rings. The summed E-state index contributed by atoms with van der Waals surface area (Å²) in [6.45, 7) is 7.86. The second-order valence-electron chi connectivity index (χ2n) is 2.94. The lowest BCUT2D eigenvalue weighted by atomic mass is 10.1. The van der Waals surface area contributed by atoms with Gasteiger partial charge in [-0.25, -0.2) is 8.78 Å². The van der Waals surface area contributed by atoms with E-state index in [1.165, 1.54) is 6.07 Å². The van der Waals surface area contributed by atoms with Gasteiger partial charge in [0.05, 0.1) is 0 Å². The molecule has 0 saturated carbocycles. The zero-order valence-corrected chi connectivity index (χ0v) is 9.09. The molecule has 1 rings (SSSR count). The lowest BCUT2D eigenvalue weighted by molar-refractivity contribution is 0.145. The van der Waals surface area contributed by atoms with E-state index in [4.69, 9.17) is 0 Å². The van der Waals surface area contributed by atoms with Crippen LogP contribution in [-0.2, 0) is 0 Å². The van der Waals surface area contributed by atoms with E-state index in [-0.39, 0.29) is 11.6 Å². The minimum absolute atomic E-state index is 0.138. The molecule has 0 spiro atoms.